The fourth-order valence-electron chi connectivity index (χ4n) is 1.24. The van der Waals surface area contributed by atoms with Crippen LogP contribution in [0.1, 0.15) is 23.1 Å². The smallest absolute Gasteiger partial charge is 0.213 e. The van der Waals surface area contributed by atoms with Crippen molar-refractivity contribution < 1.29 is 18.4 Å². The third kappa shape index (κ3) is 2.66. The van der Waals surface area contributed by atoms with Gasteiger partial charge in [-0.2, -0.15) is 4.98 Å². The van der Waals surface area contributed by atoms with Crippen molar-refractivity contribution in [1.29, 1.82) is 0 Å². The Morgan fingerprint density at radius 3 is 2.94 bits per heavy atom. The summed E-state index contributed by atoms with van der Waals surface area (Å²) in [5.41, 5.74) is 0.300. The Morgan fingerprint density at radius 1 is 1.53 bits per heavy atom. The molecular formula is C11H9FN2O3. The summed E-state index contributed by atoms with van der Waals surface area (Å²) in [6.07, 6.45) is 1.16. The number of Topliss-reactive ketones (excluding diaryl/α,β-unsaturated/α-hetero) is 1. The molecule has 5 nitrogen and oxygen atoms in total. The zero-order valence-electron chi connectivity index (χ0n) is 9.01. The molecule has 88 valence electrons. The first-order valence-electron chi connectivity index (χ1n) is 4.85. The average molecular weight is 236 g/mol. The second-order valence-electron chi connectivity index (χ2n) is 3.34. The van der Waals surface area contributed by atoms with Crippen LogP contribution in [-0.2, 0) is 6.61 Å². The van der Waals surface area contributed by atoms with E-state index in [4.69, 9.17) is 4.74 Å². The highest BCUT2D eigenvalue weighted by Crippen LogP contribution is 2.19. The highest BCUT2D eigenvalue weighted by Gasteiger charge is 2.08. The number of carbonyl (C=O) groups is 1. The normalized spacial score (nSPS) is 10.2. The quantitative estimate of drug-likeness (QED) is 0.759. The molecule has 2 rings (SSSR count). The first-order valence-corrected chi connectivity index (χ1v) is 4.85. The van der Waals surface area contributed by atoms with E-state index in [1.54, 1.807) is 0 Å². The number of hydrogen-bond acceptors (Lipinski definition) is 5. The molecule has 0 spiro atoms. The average Bonchev–Trinajstić information content (AvgIpc) is 2.80. The number of aromatic nitrogens is 2. The third-order valence-electron chi connectivity index (χ3n) is 2.10. The lowest BCUT2D eigenvalue weighted by atomic mass is 10.1. The molecule has 0 amide bonds. The molecule has 1 aromatic carbocycles. The molecule has 17 heavy (non-hydrogen) atoms. The van der Waals surface area contributed by atoms with Crippen LogP contribution in [-0.4, -0.2) is 15.9 Å². The van der Waals surface area contributed by atoms with Gasteiger partial charge in [0.1, 0.15) is 0 Å². The Balaban J connectivity index is 2.09. The molecule has 0 bridgehead atoms. The van der Waals surface area contributed by atoms with Gasteiger partial charge >= 0.3 is 0 Å². The molecule has 1 aromatic heterocycles. The molecule has 0 N–H and O–H groups in total. The Morgan fingerprint density at radius 2 is 2.35 bits per heavy atom. The van der Waals surface area contributed by atoms with Crippen LogP contribution in [0.5, 0.6) is 5.75 Å². The fourth-order valence-corrected chi connectivity index (χ4v) is 1.24. The van der Waals surface area contributed by atoms with E-state index in [9.17, 15) is 9.18 Å². The molecule has 1 heterocycles. The number of halogens is 1. The van der Waals surface area contributed by atoms with Gasteiger partial charge in [0.05, 0.1) is 0 Å². The molecule has 0 aliphatic rings. The Kier molecular flexibility index (Phi) is 3.13. The topological polar surface area (TPSA) is 65.2 Å². The molecule has 2 aromatic rings. The van der Waals surface area contributed by atoms with E-state index in [2.05, 4.69) is 14.7 Å². The molecule has 0 atom stereocenters. The zero-order chi connectivity index (χ0) is 12.3. The predicted molar refractivity (Wildman–Crippen MR) is 55.0 cm³/mol. The lowest BCUT2D eigenvalue weighted by Crippen LogP contribution is -2.00. The van der Waals surface area contributed by atoms with Crippen LogP contribution >= 0.6 is 0 Å². The maximum absolute atomic E-state index is 13.5. The Bertz CT molecular complexity index is 526. The van der Waals surface area contributed by atoms with Gasteiger partial charge in [-0.05, 0) is 25.1 Å². The van der Waals surface area contributed by atoms with Gasteiger partial charge in [-0.25, -0.2) is 4.39 Å². The van der Waals surface area contributed by atoms with Crippen molar-refractivity contribution in [2.24, 2.45) is 0 Å². The second kappa shape index (κ2) is 4.73. The predicted octanol–water partition coefficient (Wildman–Crippen LogP) is 1.99. The minimum atomic E-state index is -0.596. The van der Waals surface area contributed by atoms with E-state index in [-0.39, 0.29) is 18.1 Å². The van der Waals surface area contributed by atoms with Gasteiger partial charge in [0.15, 0.2) is 24.0 Å². The van der Waals surface area contributed by atoms with Crippen LogP contribution in [0.15, 0.2) is 29.1 Å². The van der Waals surface area contributed by atoms with Crippen molar-refractivity contribution in [2.75, 3.05) is 0 Å². The largest absolute Gasteiger partial charge is 0.482 e. The highest BCUT2D eigenvalue weighted by molar-refractivity contribution is 5.94. The molecule has 0 unspecified atom stereocenters. The van der Waals surface area contributed by atoms with Crippen molar-refractivity contribution in [1.82, 2.24) is 10.1 Å². The van der Waals surface area contributed by atoms with Crippen molar-refractivity contribution in [3.05, 3.63) is 41.8 Å². The van der Waals surface area contributed by atoms with Crippen molar-refractivity contribution in [2.45, 2.75) is 13.5 Å². The summed E-state index contributed by atoms with van der Waals surface area (Å²) in [6, 6.07) is 4.02. The van der Waals surface area contributed by atoms with Gasteiger partial charge in [-0.15, -0.1) is 0 Å². The van der Waals surface area contributed by atoms with E-state index in [0.29, 0.717) is 11.4 Å². The summed E-state index contributed by atoms with van der Waals surface area (Å²) < 4.78 is 23.1. The minimum absolute atomic E-state index is 0.00678. The summed E-state index contributed by atoms with van der Waals surface area (Å²) >= 11 is 0. The Hall–Kier alpha value is -2.24. The van der Waals surface area contributed by atoms with Crippen LogP contribution in [0.4, 0.5) is 4.39 Å². The zero-order valence-corrected chi connectivity index (χ0v) is 9.01. The van der Waals surface area contributed by atoms with Crippen LogP contribution in [0, 0.1) is 5.82 Å². The lowest BCUT2D eigenvalue weighted by molar-refractivity contribution is 0.101. The molecule has 0 aliphatic heterocycles. The molecule has 6 heteroatoms. The van der Waals surface area contributed by atoms with Crippen molar-refractivity contribution >= 4 is 5.78 Å². The van der Waals surface area contributed by atoms with Gasteiger partial charge in [-0.1, -0.05) is 5.16 Å². The number of nitrogens with zero attached hydrogens (tertiary/aromatic N) is 2. The Labute approximate surface area is 96.2 Å². The number of hydrogen-bond donors (Lipinski definition) is 0. The van der Waals surface area contributed by atoms with Crippen molar-refractivity contribution in [3.8, 4) is 5.75 Å². The van der Waals surface area contributed by atoms with Gasteiger partial charge < -0.3 is 9.26 Å². The molecular weight excluding hydrogens is 227 g/mol. The second-order valence-corrected chi connectivity index (χ2v) is 3.34. The number of rotatable bonds is 4. The molecule has 0 fully saturated rings. The van der Waals surface area contributed by atoms with Gasteiger partial charge in [-0.3, -0.25) is 4.79 Å². The third-order valence-corrected chi connectivity index (χ3v) is 2.10. The van der Waals surface area contributed by atoms with E-state index in [0.717, 1.165) is 12.5 Å². The first-order chi connectivity index (χ1) is 8.16. The maximum atomic E-state index is 13.5. The summed E-state index contributed by atoms with van der Waals surface area (Å²) in [5.74, 6) is -0.436. The number of carbonyl (C=O) groups excluding carboxylic acids is 1. The minimum Gasteiger partial charge on any atom is -0.482 e. The summed E-state index contributed by atoms with van der Waals surface area (Å²) in [7, 11) is 0. The lowest BCUT2D eigenvalue weighted by Gasteiger charge is -2.05. The van der Waals surface area contributed by atoms with Gasteiger partial charge in [0, 0.05) is 5.56 Å². The van der Waals surface area contributed by atoms with E-state index < -0.39 is 5.82 Å². The fraction of sp³-hybridized carbons (Fsp3) is 0.182. The SMILES string of the molecule is CC(=O)c1ccc(OCc2ncon2)c(F)c1. The maximum Gasteiger partial charge on any atom is 0.213 e. The highest BCUT2D eigenvalue weighted by atomic mass is 19.1. The van der Waals surface area contributed by atoms with Gasteiger partial charge in [0.25, 0.3) is 0 Å². The van der Waals surface area contributed by atoms with E-state index in [1.165, 1.54) is 19.1 Å². The van der Waals surface area contributed by atoms with Gasteiger partial charge in [0.2, 0.25) is 12.2 Å². The first kappa shape index (κ1) is 11.3. The number of ketones is 1. The van der Waals surface area contributed by atoms with Crippen LogP contribution < -0.4 is 4.74 Å². The summed E-state index contributed by atoms with van der Waals surface area (Å²) in [6.45, 7) is 1.38. The summed E-state index contributed by atoms with van der Waals surface area (Å²) in [5, 5.41) is 3.52. The van der Waals surface area contributed by atoms with Crippen LogP contribution in [0.3, 0.4) is 0 Å². The van der Waals surface area contributed by atoms with E-state index >= 15 is 0 Å². The van der Waals surface area contributed by atoms with E-state index in [1.807, 2.05) is 0 Å². The molecule has 0 saturated carbocycles. The molecule has 0 saturated heterocycles. The molecule has 0 aliphatic carbocycles. The molecule has 0 radical (unpaired) electrons. The van der Waals surface area contributed by atoms with Crippen molar-refractivity contribution in [3.63, 3.8) is 0 Å². The monoisotopic (exact) mass is 236 g/mol. The number of ether oxygens (including phenoxy) is 1. The van der Waals surface area contributed by atoms with Crippen LogP contribution in [0.25, 0.3) is 0 Å². The van der Waals surface area contributed by atoms with Crippen LogP contribution in [0.2, 0.25) is 0 Å². The number of benzene rings is 1. The summed E-state index contributed by atoms with van der Waals surface area (Å²) in [4.78, 5) is 14.7. The standard InChI is InChI=1S/C11H9FN2O3/c1-7(15)8-2-3-10(9(12)4-8)16-5-11-13-6-17-14-11/h2-4,6H,5H2,1H3.